The van der Waals surface area contributed by atoms with Gasteiger partial charge in [-0.05, 0) is 25.7 Å². The summed E-state index contributed by atoms with van der Waals surface area (Å²) >= 11 is 2.38. The molecule has 1 aliphatic heterocycles. The second-order valence-electron chi connectivity index (χ2n) is 6.18. The Morgan fingerprint density at radius 3 is 2.37 bits per heavy atom. The maximum Gasteiger partial charge on any atom is 0.351 e. The van der Waals surface area contributed by atoms with E-state index in [-0.39, 0.29) is 12.1 Å². The molecule has 1 amide bonds. The fraction of sp³-hybridized carbons (Fsp3) is 0.556. The first-order valence-corrected chi connectivity index (χ1v) is 11.4. The van der Waals surface area contributed by atoms with E-state index in [2.05, 4.69) is 41.3 Å². The summed E-state index contributed by atoms with van der Waals surface area (Å²) in [6, 6.07) is -1.27. The Morgan fingerprint density at radius 1 is 1.30 bits per heavy atom. The van der Waals surface area contributed by atoms with Crippen molar-refractivity contribution >= 4 is 46.1 Å². The Bertz CT molecular complexity index is 746. The number of thioether (sulfide) groups is 1. The highest BCUT2D eigenvalue weighted by atomic mass is 32.2. The number of rotatable bonds is 9. The molecule has 10 nitrogen and oxygen atoms in total. The minimum absolute atomic E-state index is 0.0819. The molecule has 0 saturated heterocycles. The van der Waals surface area contributed by atoms with E-state index in [1.165, 1.54) is 48.8 Å². The van der Waals surface area contributed by atoms with Gasteiger partial charge in [0.05, 0.1) is 12.1 Å². The molecule has 2 rings (SSSR count). The van der Waals surface area contributed by atoms with Crippen molar-refractivity contribution in [2.75, 3.05) is 31.1 Å². The highest BCUT2D eigenvalue weighted by molar-refractivity contribution is 8.00. The van der Waals surface area contributed by atoms with Gasteiger partial charge in [-0.3, -0.25) is 4.79 Å². The third-order valence-corrected chi connectivity index (χ3v) is 6.06. The molecule has 30 heavy (non-hydrogen) atoms. The van der Waals surface area contributed by atoms with Crippen LogP contribution in [0.1, 0.15) is 26.5 Å². The van der Waals surface area contributed by atoms with E-state index in [0.29, 0.717) is 16.6 Å². The van der Waals surface area contributed by atoms with E-state index in [9.17, 15) is 19.5 Å². The van der Waals surface area contributed by atoms with Gasteiger partial charge in [0.1, 0.15) is 11.1 Å². The number of nitrogen functional groups attached to an aromatic ring is 1. The Balaban J connectivity index is 0.000000553. The first-order chi connectivity index (χ1) is 14.2. The van der Waals surface area contributed by atoms with Gasteiger partial charge in [0.15, 0.2) is 11.2 Å². The van der Waals surface area contributed by atoms with E-state index in [1.807, 2.05) is 0 Å². The zero-order chi connectivity index (χ0) is 22.7. The number of carbonyl (C=O) groups excluding carboxylic acids is 1. The lowest BCUT2D eigenvalue weighted by Gasteiger charge is -2.28. The maximum absolute atomic E-state index is 12.0. The summed E-state index contributed by atoms with van der Waals surface area (Å²) in [5.74, 6) is -2.63. The molecule has 0 fully saturated rings. The van der Waals surface area contributed by atoms with E-state index < -0.39 is 29.3 Å². The van der Waals surface area contributed by atoms with Crippen LogP contribution < -0.4 is 16.4 Å². The third kappa shape index (κ3) is 8.59. The van der Waals surface area contributed by atoms with Crippen LogP contribution in [0.25, 0.3) is 0 Å². The first-order valence-electron chi connectivity index (χ1n) is 9.47. The van der Waals surface area contributed by atoms with Gasteiger partial charge in [-0.2, -0.15) is 0 Å². The van der Waals surface area contributed by atoms with Crippen LogP contribution in [-0.2, 0) is 20.8 Å². The van der Waals surface area contributed by atoms with Gasteiger partial charge in [0, 0.05) is 11.1 Å². The van der Waals surface area contributed by atoms with Crippen molar-refractivity contribution in [2.24, 2.45) is 0 Å². The number of amides is 1. The number of aliphatic carboxylic acids is 2. The molecule has 1 aliphatic rings. The Kier molecular flexibility index (Phi) is 11.2. The molecule has 0 aliphatic carbocycles. The van der Waals surface area contributed by atoms with Gasteiger partial charge < -0.3 is 31.5 Å². The van der Waals surface area contributed by atoms with Crippen molar-refractivity contribution in [3.8, 4) is 0 Å². The summed E-state index contributed by atoms with van der Waals surface area (Å²) in [6.45, 7) is 10.1. The number of nitrogens with zero attached hydrogens (tertiary/aromatic N) is 2. The number of nitrogens with two attached hydrogens (primary N) is 1. The number of carboxylic acid groups (broad SMARTS) is 2. The topological polar surface area (TPSA) is 158 Å². The number of aromatic nitrogens is 1. The standard InChI is InChI=1S/C12H14N4O5S2.C6H15N/c13-12-14-5(4-23-12)3-7(17)16-8(11(20)21)9-15-6(10(18)19)1-2-22-9;1-4-7(5-2)6-3/h1,4,8-9,15H,2-3H2,(H2,13,14)(H,16,17)(H,18,19)(H,20,21);4-6H2,1-3H3/t8-,9?;/m0./s1. The van der Waals surface area contributed by atoms with Crippen molar-refractivity contribution in [2.45, 2.75) is 38.6 Å². The van der Waals surface area contributed by atoms with E-state index in [0.717, 1.165) is 0 Å². The number of thiazole rings is 1. The lowest BCUT2D eigenvalue weighted by atomic mass is 10.2. The lowest BCUT2D eigenvalue weighted by Crippen LogP contribution is -2.54. The fourth-order valence-electron chi connectivity index (χ4n) is 2.55. The lowest BCUT2D eigenvalue weighted by molar-refractivity contribution is -0.142. The fourth-order valence-corrected chi connectivity index (χ4v) is 4.17. The minimum atomic E-state index is -1.27. The van der Waals surface area contributed by atoms with Crippen LogP contribution in [-0.4, -0.2) is 74.7 Å². The zero-order valence-corrected chi connectivity index (χ0v) is 18.9. The Morgan fingerprint density at radius 2 is 1.93 bits per heavy atom. The number of hydrogen-bond donors (Lipinski definition) is 5. The van der Waals surface area contributed by atoms with Gasteiger partial charge in [0.25, 0.3) is 0 Å². The molecule has 168 valence electrons. The average Bonchev–Trinajstić information content (AvgIpc) is 3.12. The molecule has 0 radical (unpaired) electrons. The number of anilines is 1. The predicted octanol–water partition coefficient (Wildman–Crippen LogP) is 0.816. The molecule has 0 aromatic carbocycles. The number of carboxylic acids is 2. The van der Waals surface area contributed by atoms with Crippen molar-refractivity contribution in [1.82, 2.24) is 20.5 Å². The first kappa shape index (κ1) is 25.7. The van der Waals surface area contributed by atoms with Crippen molar-refractivity contribution in [1.29, 1.82) is 0 Å². The smallest absolute Gasteiger partial charge is 0.351 e. The van der Waals surface area contributed by atoms with Crippen LogP contribution in [0.3, 0.4) is 0 Å². The zero-order valence-electron chi connectivity index (χ0n) is 17.3. The summed E-state index contributed by atoms with van der Waals surface area (Å²) in [5.41, 5.74) is 5.84. The summed E-state index contributed by atoms with van der Waals surface area (Å²) < 4.78 is 0. The van der Waals surface area contributed by atoms with Gasteiger partial charge >= 0.3 is 11.9 Å². The van der Waals surface area contributed by atoms with Crippen LogP contribution in [0, 0.1) is 0 Å². The number of hydrogen-bond acceptors (Lipinski definition) is 9. The largest absolute Gasteiger partial charge is 0.480 e. The average molecular weight is 460 g/mol. The normalized spacial score (nSPS) is 16.5. The Hall–Kier alpha value is -2.31. The molecular formula is C18H29N5O5S2. The summed E-state index contributed by atoms with van der Waals surface area (Å²) in [5, 5.41) is 24.4. The van der Waals surface area contributed by atoms with E-state index in [1.54, 1.807) is 5.38 Å². The number of carbonyl (C=O) groups is 3. The van der Waals surface area contributed by atoms with Crippen molar-refractivity contribution in [3.05, 3.63) is 22.8 Å². The van der Waals surface area contributed by atoms with Crippen LogP contribution in [0.4, 0.5) is 5.13 Å². The molecular weight excluding hydrogens is 430 g/mol. The molecule has 0 bridgehead atoms. The van der Waals surface area contributed by atoms with Gasteiger partial charge in [-0.1, -0.05) is 20.8 Å². The third-order valence-electron chi connectivity index (χ3n) is 4.23. The second kappa shape index (κ2) is 13.1. The molecule has 1 aromatic rings. The molecule has 0 spiro atoms. The quantitative estimate of drug-likeness (QED) is 0.358. The molecule has 2 heterocycles. The SMILES string of the molecule is CCN(CC)CC.Nc1nc(CC(=O)N[C@H](C(=O)O)C2NC(C(=O)O)=CCS2)cs1. The van der Waals surface area contributed by atoms with Crippen LogP contribution >= 0.6 is 23.1 Å². The molecule has 1 unspecified atom stereocenters. The predicted molar refractivity (Wildman–Crippen MR) is 118 cm³/mol. The Labute approximate surface area is 183 Å². The summed E-state index contributed by atoms with van der Waals surface area (Å²) in [6.07, 6.45) is 1.35. The molecule has 12 heteroatoms. The minimum Gasteiger partial charge on any atom is -0.480 e. The molecule has 2 atom stereocenters. The second-order valence-corrected chi connectivity index (χ2v) is 8.24. The van der Waals surface area contributed by atoms with Crippen LogP contribution in [0.5, 0.6) is 0 Å². The van der Waals surface area contributed by atoms with E-state index in [4.69, 9.17) is 10.8 Å². The monoisotopic (exact) mass is 459 g/mol. The van der Waals surface area contributed by atoms with Crippen molar-refractivity contribution < 1.29 is 24.6 Å². The summed E-state index contributed by atoms with van der Waals surface area (Å²) in [4.78, 5) is 40.6. The van der Waals surface area contributed by atoms with Crippen LogP contribution in [0.2, 0.25) is 0 Å². The molecule has 0 saturated carbocycles. The number of nitrogens with one attached hydrogen (secondary N) is 2. The van der Waals surface area contributed by atoms with E-state index >= 15 is 0 Å². The van der Waals surface area contributed by atoms with Crippen LogP contribution in [0.15, 0.2) is 17.2 Å². The van der Waals surface area contributed by atoms with Gasteiger partial charge in [0.2, 0.25) is 5.91 Å². The maximum atomic E-state index is 12.0. The molecule has 1 aromatic heterocycles. The summed E-state index contributed by atoms with van der Waals surface area (Å²) in [7, 11) is 0. The van der Waals surface area contributed by atoms with Gasteiger partial charge in [-0.25, -0.2) is 14.6 Å². The highest BCUT2D eigenvalue weighted by Crippen LogP contribution is 2.20. The van der Waals surface area contributed by atoms with Crippen molar-refractivity contribution in [3.63, 3.8) is 0 Å². The van der Waals surface area contributed by atoms with Gasteiger partial charge in [-0.15, -0.1) is 23.1 Å². The molecule has 6 N–H and O–H groups in total. The highest BCUT2D eigenvalue weighted by Gasteiger charge is 2.33.